The minimum atomic E-state index is -0.756. The Morgan fingerprint density at radius 2 is 1.71 bits per heavy atom. The van der Waals surface area contributed by atoms with Gasteiger partial charge in [-0.3, -0.25) is 9.59 Å². The van der Waals surface area contributed by atoms with Crippen LogP contribution in [0.4, 0.5) is 0 Å². The summed E-state index contributed by atoms with van der Waals surface area (Å²) >= 11 is 0. The van der Waals surface area contributed by atoms with E-state index >= 15 is 0 Å². The molecule has 0 aromatic heterocycles. The Hall–Kier alpha value is -1.10. The molecular formula is C12H21NO4. The van der Waals surface area contributed by atoms with Gasteiger partial charge in [-0.15, -0.1) is 0 Å². The maximum absolute atomic E-state index is 12.0. The van der Waals surface area contributed by atoms with Gasteiger partial charge in [0.25, 0.3) is 0 Å². The van der Waals surface area contributed by atoms with E-state index in [-0.39, 0.29) is 17.7 Å². The van der Waals surface area contributed by atoms with Crippen LogP contribution in [0.15, 0.2) is 0 Å². The van der Waals surface area contributed by atoms with E-state index in [1.807, 2.05) is 0 Å². The number of carboxylic acid groups (broad SMARTS) is 1. The molecule has 5 nitrogen and oxygen atoms in total. The Morgan fingerprint density at radius 3 is 2.12 bits per heavy atom. The van der Waals surface area contributed by atoms with Crippen LogP contribution in [0.25, 0.3) is 0 Å². The van der Waals surface area contributed by atoms with E-state index < -0.39 is 12.1 Å². The van der Waals surface area contributed by atoms with Gasteiger partial charge < -0.3 is 15.1 Å². The molecule has 1 aliphatic carbocycles. The maximum atomic E-state index is 12.0. The van der Waals surface area contributed by atoms with Crippen molar-refractivity contribution in [3.05, 3.63) is 0 Å². The Bertz CT molecular complexity index is 282. The van der Waals surface area contributed by atoms with Crippen LogP contribution in [-0.4, -0.2) is 46.7 Å². The van der Waals surface area contributed by atoms with Crippen molar-refractivity contribution < 1.29 is 19.8 Å². The zero-order chi connectivity index (χ0) is 13.0. The molecule has 1 aliphatic rings. The molecule has 1 unspecified atom stereocenters. The number of aliphatic hydroxyl groups is 1. The number of nitrogens with zero attached hydrogens (tertiary/aromatic N) is 1. The van der Waals surface area contributed by atoms with Crippen molar-refractivity contribution in [2.45, 2.75) is 38.7 Å². The van der Waals surface area contributed by atoms with Crippen molar-refractivity contribution in [1.29, 1.82) is 0 Å². The molecule has 0 aromatic rings. The van der Waals surface area contributed by atoms with E-state index in [4.69, 9.17) is 5.11 Å². The molecule has 1 rings (SSSR count). The van der Waals surface area contributed by atoms with Crippen LogP contribution in [0.5, 0.6) is 0 Å². The smallest absolute Gasteiger partial charge is 0.306 e. The highest BCUT2D eigenvalue weighted by Crippen LogP contribution is 2.29. The third-order valence-corrected chi connectivity index (χ3v) is 3.34. The van der Waals surface area contributed by atoms with Crippen LogP contribution >= 0.6 is 0 Å². The molecule has 1 amide bonds. The van der Waals surface area contributed by atoms with Crippen molar-refractivity contribution in [3.63, 3.8) is 0 Å². The summed E-state index contributed by atoms with van der Waals surface area (Å²) in [5.74, 6) is -1.10. The highest BCUT2D eigenvalue weighted by atomic mass is 16.4. The average molecular weight is 243 g/mol. The topological polar surface area (TPSA) is 77.8 Å². The molecule has 0 spiro atoms. The molecule has 2 N–H and O–H groups in total. The summed E-state index contributed by atoms with van der Waals surface area (Å²) in [6, 6.07) is 0. The van der Waals surface area contributed by atoms with E-state index in [2.05, 4.69) is 0 Å². The summed E-state index contributed by atoms with van der Waals surface area (Å²) in [6.07, 6.45) is 1.90. The van der Waals surface area contributed by atoms with Crippen molar-refractivity contribution in [3.8, 4) is 0 Å². The van der Waals surface area contributed by atoms with E-state index in [1.54, 1.807) is 14.0 Å². The van der Waals surface area contributed by atoms with Crippen LogP contribution in [0.2, 0.25) is 0 Å². The first kappa shape index (κ1) is 14.0. The van der Waals surface area contributed by atoms with Crippen LogP contribution in [0.3, 0.4) is 0 Å². The Morgan fingerprint density at radius 1 is 1.24 bits per heavy atom. The molecule has 1 saturated carbocycles. The van der Waals surface area contributed by atoms with E-state index in [0.717, 1.165) is 0 Å². The lowest BCUT2D eigenvalue weighted by Gasteiger charge is -2.29. The number of aliphatic hydroxyl groups excluding tert-OH is 1. The van der Waals surface area contributed by atoms with E-state index in [9.17, 15) is 14.7 Å². The van der Waals surface area contributed by atoms with E-state index in [1.165, 1.54) is 4.90 Å². The highest BCUT2D eigenvalue weighted by Gasteiger charge is 2.31. The lowest BCUT2D eigenvalue weighted by molar-refractivity contribution is -0.145. The summed E-state index contributed by atoms with van der Waals surface area (Å²) in [4.78, 5) is 24.3. The molecule has 98 valence electrons. The summed E-state index contributed by atoms with van der Waals surface area (Å²) < 4.78 is 0. The molecule has 0 bridgehead atoms. The van der Waals surface area contributed by atoms with Crippen LogP contribution in [0, 0.1) is 11.8 Å². The number of hydrogen-bond acceptors (Lipinski definition) is 3. The van der Waals surface area contributed by atoms with Gasteiger partial charge in [-0.1, -0.05) is 0 Å². The molecular weight excluding hydrogens is 222 g/mol. The van der Waals surface area contributed by atoms with Gasteiger partial charge in [-0.2, -0.15) is 0 Å². The average Bonchev–Trinajstić information content (AvgIpc) is 2.27. The van der Waals surface area contributed by atoms with Gasteiger partial charge in [-0.05, 0) is 32.6 Å². The van der Waals surface area contributed by atoms with Gasteiger partial charge in [0.15, 0.2) is 0 Å². The number of carbonyl (C=O) groups excluding carboxylic acids is 1. The Kier molecular flexibility index (Phi) is 4.93. The molecule has 0 aromatic carbocycles. The van der Waals surface area contributed by atoms with Crippen LogP contribution < -0.4 is 0 Å². The number of likely N-dealkylation sites (N-methyl/N-ethyl adjacent to an activating group) is 1. The number of hydrogen-bond donors (Lipinski definition) is 2. The predicted molar refractivity (Wildman–Crippen MR) is 62.4 cm³/mol. The first-order chi connectivity index (χ1) is 7.91. The summed E-state index contributed by atoms with van der Waals surface area (Å²) in [5, 5.41) is 18.1. The van der Waals surface area contributed by atoms with Gasteiger partial charge in [0.2, 0.25) is 5.91 Å². The first-order valence-electron chi connectivity index (χ1n) is 6.07. The second-order valence-corrected chi connectivity index (χ2v) is 4.95. The second-order valence-electron chi connectivity index (χ2n) is 4.95. The molecule has 5 heteroatoms. The van der Waals surface area contributed by atoms with Crippen molar-refractivity contribution in [2.75, 3.05) is 13.6 Å². The standard InChI is InChI=1S/C12H21NO4/c1-8(14)7-13(2)11(15)9-3-5-10(6-4-9)12(16)17/h8-10,14H,3-7H2,1-2H3,(H,16,17). The summed E-state index contributed by atoms with van der Waals surface area (Å²) in [6.45, 7) is 1.98. The lowest BCUT2D eigenvalue weighted by atomic mass is 9.81. The monoisotopic (exact) mass is 243 g/mol. The number of carbonyl (C=O) groups is 2. The van der Waals surface area contributed by atoms with Gasteiger partial charge >= 0.3 is 5.97 Å². The molecule has 1 atom stereocenters. The van der Waals surface area contributed by atoms with Crippen LogP contribution in [-0.2, 0) is 9.59 Å². The number of amides is 1. The largest absolute Gasteiger partial charge is 0.481 e. The molecule has 0 aliphatic heterocycles. The minimum absolute atomic E-state index is 0.0229. The fourth-order valence-electron chi connectivity index (χ4n) is 2.39. The SMILES string of the molecule is CC(O)CN(C)C(=O)C1CCC(C(=O)O)CC1. The lowest BCUT2D eigenvalue weighted by Crippen LogP contribution is -2.39. The van der Waals surface area contributed by atoms with Gasteiger partial charge in [0, 0.05) is 19.5 Å². The summed E-state index contributed by atoms with van der Waals surface area (Å²) in [7, 11) is 1.68. The van der Waals surface area contributed by atoms with Crippen molar-refractivity contribution >= 4 is 11.9 Å². The highest BCUT2D eigenvalue weighted by molar-refractivity contribution is 5.79. The number of rotatable bonds is 4. The fourth-order valence-corrected chi connectivity index (χ4v) is 2.39. The first-order valence-corrected chi connectivity index (χ1v) is 6.07. The molecule has 0 saturated heterocycles. The van der Waals surface area contributed by atoms with Gasteiger partial charge in [0.05, 0.1) is 12.0 Å². The Balaban J connectivity index is 2.43. The molecule has 0 heterocycles. The fraction of sp³-hybridized carbons (Fsp3) is 0.833. The van der Waals surface area contributed by atoms with Gasteiger partial charge in [0.1, 0.15) is 0 Å². The summed E-state index contributed by atoms with van der Waals surface area (Å²) in [5.41, 5.74) is 0. The second kappa shape index (κ2) is 6.00. The zero-order valence-corrected chi connectivity index (χ0v) is 10.4. The normalized spacial score (nSPS) is 26.3. The maximum Gasteiger partial charge on any atom is 0.306 e. The molecule has 1 fully saturated rings. The molecule has 0 radical (unpaired) electrons. The zero-order valence-electron chi connectivity index (χ0n) is 10.4. The van der Waals surface area contributed by atoms with Crippen molar-refractivity contribution in [2.24, 2.45) is 11.8 Å². The molecule has 17 heavy (non-hydrogen) atoms. The third-order valence-electron chi connectivity index (χ3n) is 3.34. The third kappa shape index (κ3) is 4.00. The van der Waals surface area contributed by atoms with Gasteiger partial charge in [-0.25, -0.2) is 0 Å². The quantitative estimate of drug-likeness (QED) is 0.762. The minimum Gasteiger partial charge on any atom is -0.481 e. The van der Waals surface area contributed by atoms with Crippen molar-refractivity contribution in [1.82, 2.24) is 4.90 Å². The predicted octanol–water partition coefficient (Wildman–Crippen LogP) is 0.717. The van der Waals surface area contributed by atoms with E-state index in [0.29, 0.717) is 32.2 Å². The van der Waals surface area contributed by atoms with Crippen LogP contribution in [0.1, 0.15) is 32.6 Å². The number of carboxylic acids is 1. The number of aliphatic carboxylic acids is 1. The Labute approximate surface area is 101 Å².